The van der Waals surface area contributed by atoms with Crippen molar-refractivity contribution in [3.8, 4) is 0 Å². The van der Waals surface area contributed by atoms with E-state index in [4.69, 9.17) is 15.0 Å². The van der Waals surface area contributed by atoms with E-state index >= 15 is 0 Å². The molecule has 5 nitrogen and oxygen atoms in total. The monoisotopic (exact) mass is 190 g/mol. The summed E-state index contributed by atoms with van der Waals surface area (Å²) in [6.07, 6.45) is -2.33. The molecule has 0 bridgehead atoms. The molecule has 0 unspecified atom stereocenters. The van der Waals surface area contributed by atoms with Crippen molar-refractivity contribution < 1.29 is 43.0 Å². The fourth-order valence-electron chi connectivity index (χ4n) is 0. The van der Waals surface area contributed by atoms with Gasteiger partial charge in [0.2, 0.25) is 0 Å². The number of carbonyl (C=O) groups excluding carboxylic acids is 1. The van der Waals surface area contributed by atoms with E-state index in [-0.39, 0.29) is 65.8 Å². The summed E-state index contributed by atoms with van der Waals surface area (Å²) >= 11 is 0. The molecule has 0 heterocycles. The molecule has 0 rings (SSSR count). The maximum Gasteiger partial charge on any atom is 2.00 e. The van der Waals surface area contributed by atoms with Gasteiger partial charge in [-0.1, -0.05) is 0 Å². The largest absolute Gasteiger partial charge is 2.00 e. The molecule has 2 N–H and O–H groups in total. The van der Waals surface area contributed by atoms with Crippen LogP contribution >= 0.6 is 0 Å². The number of carbonyl (C=O) groups is 1. The molecule has 0 aliphatic rings. The van der Waals surface area contributed by atoms with Gasteiger partial charge in [0.25, 0.3) is 0 Å². The van der Waals surface area contributed by atoms with Gasteiger partial charge in [-0.05, 0) is 6.16 Å². The molecule has 0 saturated heterocycles. The molecular formula is CH2CaFeO5. The van der Waals surface area contributed by atoms with Crippen LogP contribution in [0.1, 0.15) is 0 Å². The second kappa shape index (κ2) is 24.6. The van der Waals surface area contributed by atoms with Gasteiger partial charge in [0.05, 0.1) is 0 Å². The van der Waals surface area contributed by atoms with Crippen LogP contribution in [0.5, 0.6) is 0 Å². The first-order valence-corrected chi connectivity index (χ1v) is 0.612. The van der Waals surface area contributed by atoms with Gasteiger partial charge in [-0.2, -0.15) is 0 Å². The Morgan fingerprint density at radius 1 is 1.25 bits per heavy atom. The van der Waals surface area contributed by atoms with Crippen LogP contribution < -0.4 is 10.2 Å². The van der Waals surface area contributed by atoms with Crippen molar-refractivity contribution in [2.24, 2.45) is 0 Å². The van der Waals surface area contributed by atoms with E-state index in [0.717, 1.165) is 0 Å². The molecule has 0 saturated carbocycles. The van der Waals surface area contributed by atoms with Crippen LogP contribution in [0.25, 0.3) is 0 Å². The number of carboxylic acid groups (broad SMARTS) is 2. The molecule has 8 heavy (non-hydrogen) atoms. The van der Waals surface area contributed by atoms with Gasteiger partial charge in [-0.15, -0.1) is 0 Å². The maximum absolute atomic E-state index is 8.33. The molecule has 7 heteroatoms. The van der Waals surface area contributed by atoms with Crippen LogP contribution in [0.15, 0.2) is 0 Å². The minimum Gasteiger partial charge on any atom is -2.00 e. The molecule has 46 valence electrons. The second-order valence-corrected chi connectivity index (χ2v) is 0.250. The molecule has 0 fully saturated rings. The van der Waals surface area contributed by atoms with Crippen molar-refractivity contribution in [3.63, 3.8) is 0 Å². The zero-order valence-corrected chi connectivity index (χ0v) is 7.01. The summed E-state index contributed by atoms with van der Waals surface area (Å²) < 4.78 is 0. The van der Waals surface area contributed by atoms with Gasteiger partial charge in [0.1, 0.15) is 0 Å². The molecule has 0 aliphatic carbocycles. The molecule has 0 radical (unpaired) electrons. The van der Waals surface area contributed by atoms with Crippen molar-refractivity contribution in [2.75, 3.05) is 0 Å². The Bertz CT molecular complexity index is 35.4. The van der Waals surface area contributed by atoms with Gasteiger partial charge in [-0.3, -0.25) is 0 Å². The average molecular weight is 190 g/mol. The Hall–Kier alpha value is 0.969. The van der Waals surface area contributed by atoms with E-state index in [1.165, 1.54) is 0 Å². The van der Waals surface area contributed by atoms with E-state index in [1.807, 2.05) is 0 Å². The number of rotatable bonds is 0. The molecule has 0 aromatic rings. The van der Waals surface area contributed by atoms with E-state index in [2.05, 4.69) is 0 Å². The van der Waals surface area contributed by atoms with Crippen LogP contribution in [-0.4, -0.2) is 49.4 Å². The van der Waals surface area contributed by atoms with E-state index in [9.17, 15) is 0 Å². The zero-order chi connectivity index (χ0) is 3.58. The van der Waals surface area contributed by atoms with Gasteiger partial charge in [0.15, 0.2) is 0 Å². The normalized spacial score (nSPS) is 3.00. The molecular weight excluding hydrogens is 188 g/mol. The first-order chi connectivity index (χ1) is 1.73. The van der Waals surface area contributed by atoms with Crippen LogP contribution in [0, 0.1) is 0 Å². The van der Waals surface area contributed by atoms with E-state index < -0.39 is 6.16 Å². The summed E-state index contributed by atoms with van der Waals surface area (Å²) in [5.41, 5.74) is 0. The van der Waals surface area contributed by atoms with Crippen molar-refractivity contribution in [1.82, 2.24) is 0 Å². The Kier molecular flexibility index (Phi) is 111. The predicted molar refractivity (Wildman–Crippen MR) is 15.5 cm³/mol. The first-order valence-electron chi connectivity index (χ1n) is 0.612. The van der Waals surface area contributed by atoms with Crippen LogP contribution in [0.3, 0.4) is 0 Å². The SMILES string of the molecule is O.O=C([O-])[O-].[Ca+2].[Fe+2].[O-2]. The topological polar surface area (TPSA) is 123 Å². The Morgan fingerprint density at radius 2 is 1.25 bits per heavy atom. The summed E-state index contributed by atoms with van der Waals surface area (Å²) in [5, 5.41) is 16.7. The quantitative estimate of drug-likeness (QED) is 0.364. The van der Waals surface area contributed by atoms with Gasteiger partial charge >= 0.3 is 54.8 Å². The summed E-state index contributed by atoms with van der Waals surface area (Å²) in [6, 6.07) is 0. The Labute approximate surface area is 86.2 Å². The summed E-state index contributed by atoms with van der Waals surface area (Å²) in [4.78, 5) is 8.33. The summed E-state index contributed by atoms with van der Waals surface area (Å²) in [6.45, 7) is 0. The van der Waals surface area contributed by atoms with Gasteiger partial charge in [-0.25, -0.2) is 0 Å². The maximum atomic E-state index is 8.33. The van der Waals surface area contributed by atoms with Crippen LogP contribution in [0.2, 0.25) is 0 Å². The standard InChI is InChI=1S/CH2O3.Ca.Fe.H2O.O/c2-1(3)4;;;;/h(H2,2,3,4);;;1H2;/q;2*+2;;-2/p-2. The number of hydrogen-bond acceptors (Lipinski definition) is 3. The van der Waals surface area contributed by atoms with E-state index in [1.54, 1.807) is 0 Å². The fourth-order valence-corrected chi connectivity index (χ4v) is 0. The van der Waals surface area contributed by atoms with E-state index in [0.29, 0.717) is 0 Å². The van der Waals surface area contributed by atoms with Gasteiger partial charge in [0, 0.05) is 0 Å². The smallest absolute Gasteiger partial charge is 2.00 e. The Morgan fingerprint density at radius 3 is 1.25 bits per heavy atom. The average Bonchev–Trinajstić information content (AvgIpc) is 0.811. The predicted octanol–water partition coefficient (Wildman–Crippen LogP) is -3.77. The zero-order valence-electron chi connectivity index (χ0n) is 3.69. The molecule has 0 aromatic heterocycles. The molecule has 0 spiro atoms. The molecule has 0 aromatic carbocycles. The Balaban J connectivity index is -0.00000000750. The summed E-state index contributed by atoms with van der Waals surface area (Å²) in [7, 11) is 0. The second-order valence-electron chi connectivity index (χ2n) is 0.250. The minimum absolute atomic E-state index is 0. The third-order valence-corrected chi connectivity index (χ3v) is 0. The van der Waals surface area contributed by atoms with Crippen molar-refractivity contribution in [2.45, 2.75) is 0 Å². The van der Waals surface area contributed by atoms with Crippen LogP contribution in [0.4, 0.5) is 4.79 Å². The molecule has 0 amide bonds. The third kappa shape index (κ3) is 264. The van der Waals surface area contributed by atoms with Crippen LogP contribution in [-0.2, 0) is 22.5 Å². The minimum atomic E-state index is -2.33. The first kappa shape index (κ1) is 36.2. The van der Waals surface area contributed by atoms with Crippen molar-refractivity contribution in [3.05, 3.63) is 0 Å². The van der Waals surface area contributed by atoms with Crippen molar-refractivity contribution in [1.29, 1.82) is 0 Å². The third-order valence-electron chi connectivity index (χ3n) is 0. The summed E-state index contributed by atoms with van der Waals surface area (Å²) in [5.74, 6) is 0. The number of hydrogen-bond donors (Lipinski definition) is 0. The van der Waals surface area contributed by atoms with Crippen molar-refractivity contribution >= 4 is 43.9 Å². The molecule has 0 aliphatic heterocycles. The van der Waals surface area contributed by atoms with Gasteiger partial charge < -0.3 is 26.0 Å². The fraction of sp³-hybridized carbons (Fsp3) is 0. The molecule has 0 atom stereocenters.